The molecule has 1 aromatic carbocycles. The van der Waals surface area contributed by atoms with Gasteiger partial charge in [0.15, 0.2) is 0 Å². The quantitative estimate of drug-likeness (QED) is 0.443. The predicted octanol–water partition coefficient (Wildman–Crippen LogP) is 3.81. The molecule has 6 atom stereocenters. The number of hydrogen-bond donors (Lipinski definition) is 1. The number of ether oxygens (including phenoxy) is 2. The van der Waals surface area contributed by atoms with Gasteiger partial charge in [0.05, 0.1) is 30.8 Å². The smallest absolute Gasteiger partial charge is 0.313 e. The highest BCUT2D eigenvalue weighted by atomic mass is 16.6. The fourth-order valence-corrected chi connectivity index (χ4v) is 7.73. The summed E-state index contributed by atoms with van der Waals surface area (Å²) in [5, 5.41) is 10.7. The highest BCUT2D eigenvalue weighted by molar-refractivity contribution is 5.99. The summed E-state index contributed by atoms with van der Waals surface area (Å²) in [7, 11) is 0. The van der Waals surface area contributed by atoms with Crippen molar-refractivity contribution in [3.05, 3.63) is 60.2 Å². The fraction of sp³-hybridized carbons (Fsp3) is 0.594. The van der Waals surface area contributed by atoms with Crippen molar-refractivity contribution in [1.82, 2.24) is 9.80 Å². The van der Waals surface area contributed by atoms with Crippen LogP contribution in [0.5, 0.6) is 0 Å². The number of nitrogens with zero attached hydrogens (tertiary/aromatic N) is 2. The van der Waals surface area contributed by atoms with E-state index < -0.39 is 46.6 Å². The molecule has 216 valence electrons. The third kappa shape index (κ3) is 4.49. The Balaban J connectivity index is 1.70. The highest BCUT2D eigenvalue weighted by Gasteiger charge is 2.75. The lowest BCUT2D eigenvalue weighted by Crippen LogP contribution is -2.60. The zero-order chi connectivity index (χ0) is 29.1. The van der Waals surface area contributed by atoms with E-state index in [4.69, 9.17) is 9.47 Å². The van der Waals surface area contributed by atoms with Gasteiger partial charge in [-0.2, -0.15) is 0 Å². The molecule has 1 N–H and O–H groups in total. The molecule has 2 amide bonds. The van der Waals surface area contributed by atoms with E-state index in [1.54, 1.807) is 6.92 Å². The van der Waals surface area contributed by atoms with Crippen molar-refractivity contribution in [2.75, 3.05) is 19.8 Å². The van der Waals surface area contributed by atoms with Crippen molar-refractivity contribution >= 4 is 17.8 Å². The van der Waals surface area contributed by atoms with Crippen molar-refractivity contribution in [3.8, 4) is 0 Å². The SMILES string of the molecule is CC(C)(C)CC(C)(C)N1CC=C[C@]23O[C@]4(C)C=CCCOC(=O)[C@@H]4[C@H]2C(=O)N([C@H](CO)c2ccccc2)C3C1=O. The normalized spacial score (nSPS) is 33.1. The van der Waals surface area contributed by atoms with Crippen LogP contribution in [0.25, 0.3) is 0 Å². The molecule has 5 rings (SSSR count). The topological polar surface area (TPSA) is 96.4 Å². The Labute approximate surface area is 237 Å². The maximum Gasteiger partial charge on any atom is 0.313 e. The van der Waals surface area contributed by atoms with Gasteiger partial charge in [-0.3, -0.25) is 14.4 Å². The van der Waals surface area contributed by atoms with Crippen LogP contribution in [0.2, 0.25) is 0 Å². The molecule has 0 bridgehead atoms. The molecule has 8 nitrogen and oxygen atoms in total. The van der Waals surface area contributed by atoms with Crippen LogP contribution in [0.4, 0.5) is 0 Å². The summed E-state index contributed by atoms with van der Waals surface area (Å²) in [4.78, 5) is 46.3. The number of esters is 1. The first-order valence-corrected chi connectivity index (χ1v) is 14.3. The Kier molecular flexibility index (Phi) is 7.02. The first-order valence-electron chi connectivity index (χ1n) is 14.3. The molecule has 4 aliphatic rings. The molecule has 0 aliphatic carbocycles. The molecule has 0 radical (unpaired) electrons. The third-order valence-electron chi connectivity index (χ3n) is 8.84. The second-order valence-electron chi connectivity index (χ2n) is 13.6. The number of carbonyl (C=O) groups is 3. The lowest BCUT2D eigenvalue weighted by Gasteiger charge is -2.45. The minimum atomic E-state index is -1.41. The Morgan fingerprint density at radius 3 is 2.35 bits per heavy atom. The summed E-state index contributed by atoms with van der Waals surface area (Å²) in [6, 6.07) is 7.35. The van der Waals surface area contributed by atoms with E-state index in [0.717, 1.165) is 6.42 Å². The van der Waals surface area contributed by atoms with E-state index in [9.17, 15) is 19.5 Å². The summed E-state index contributed by atoms with van der Waals surface area (Å²) in [6.45, 7) is 12.5. The molecule has 1 aromatic rings. The molecular formula is C32H42N2O6. The number of aliphatic hydroxyl groups is 1. The van der Waals surface area contributed by atoms with Crippen LogP contribution in [0.15, 0.2) is 54.6 Å². The molecule has 1 unspecified atom stereocenters. The number of likely N-dealkylation sites (tertiary alicyclic amines) is 1. The van der Waals surface area contributed by atoms with E-state index >= 15 is 0 Å². The summed E-state index contributed by atoms with van der Waals surface area (Å²) in [6.07, 6.45) is 8.78. The number of carbonyl (C=O) groups excluding carboxylic acids is 3. The molecule has 40 heavy (non-hydrogen) atoms. The molecule has 0 aromatic heterocycles. The van der Waals surface area contributed by atoms with Crippen LogP contribution in [0.1, 0.15) is 66.0 Å². The molecular weight excluding hydrogens is 508 g/mol. The zero-order valence-corrected chi connectivity index (χ0v) is 24.4. The van der Waals surface area contributed by atoms with Gasteiger partial charge in [0.2, 0.25) is 11.8 Å². The Hall–Kier alpha value is -2.97. The number of hydrogen-bond acceptors (Lipinski definition) is 6. The second-order valence-corrected chi connectivity index (χ2v) is 13.6. The predicted molar refractivity (Wildman–Crippen MR) is 150 cm³/mol. The van der Waals surface area contributed by atoms with Crippen molar-refractivity contribution in [2.45, 2.75) is 83.2 Å². The van der Waals surface area contributed by atoms with Crippen molar-refractivity contribution in [1.29, 1.82) is 0 Å². The Bertz CT molecular complexity index is 1230. The van der Waals surface area contributed by atoms with E-state index in [0.29, 0.717) is 18.5 Å². The van der Waals surface area contributed by atoms with Crippen LogP contribution in [-0.2, 0) is 23.9 Å². The number of rotatable bonds is 5. The van der Waals surface area contributed by atoms with Gasteiger partial charge in [0, 0.05) is 12.1 Å². The lowest BCUT2D eigenvalue weighted by atomic mass is 9.74. The van der Waals surface area contributed by atoms with Gasteiger partial charge in [0.1, 0.15) is 17.6 Å². The van der Waals surface area contributed by atoms with Gasteiger partial charge in [0.25, 0.3) is 0 Å². The first kappa shape index (κ1) is 28.6. The minimum Gasteiger partial charge on any atom is -0.465 e. The van der Waals surface area contributed by atoms with Crippen LogP contribution < -0.4 is 0 Å². The number of cyclic esters (lactones) is 1. The van der Waals surface area contributed by atoms with Crippen LogP contribution in [0.3, 0.4) is 0 Å². The maximum absolute atomic E-state index is 14.8. The van der Waals surface area contributed by atoms with E-state index in [-0.39, 0.29) is 30.4 Å². The monoisotopic (exact) mass is 550 g/mol. The Morgan fingerprint density at radius 1 is 1.00 bits per heavy atom. The van der Waals surface area contributed by atoms with Gasteiger partial charge >= 0.3 is 5.97 Å². The number of amides is 2. The number of aliphatic hydroxyl groups excluding tert-OH is 1. The first-order chi connectivity index (χ1) is 18.8. The molecule has 4 heterocycles. The highest BCUT2D eigenvalue weighted by Crippen LogP contribution is 2.58. The summed E-state index contributed by atoms with van der Waals surface area (Å²) in [5.41, 5.74) is -2.43. The van der Waals surface area contributed by atoms with Crippen LogP contribution >= 0.6 is 0 Å². The summed E-state index contributed by atoms with van der Waals surface area (Å²) >= 11 is 0. The van der Waals surface area contributed by atoms with Gasteiger partial charge < -0.3 is 24.4 Å². The summed E-state index contributed by atoms with van der Waals surface area (Å²) < 4.78 is 12.4. The van der Waals surface area contributed by atoms with Crippen LogP contribution in [-0.4, -0.2) is 75.2 Å². The molecule has 1 spiro atoms. The minimum absolute atomic E-state index is 0.0553. The second kappa shape index (κ2) is 9.84. The van der Waals surface area contributed by atoms with E-state index in [1.165, 1.54) is 4.90 Å². The average Bonchev–Trinajstić information content (AvgIpc) is 3.17. The molecule has 4 aliphatic heterocycles. The Morgan fingerprint density at radius 2 is 1.70 bits per heavy atom. The zero-order valence-electron chi connectivity index (χ0n) is 24.4. The summed E-state index contributed by atoms with van der Waals surface area (Å²) in [5.74, 6) is -3.06. The fourth-order valence-electron chi connectivity index (χ4n) is 7.73. The number of fused-ring (bicyclic) bond motifs is 2. The lowest BCUT2D eigenvalue weighted by molar-refractivity contribution is -0.163. The van der Waals surface area contributed by atoms with Gasteiger partial charge in [-0.25, -0.2) is 0 Å². The molecule has 0 saturated carbocycles. The van der Waals surface area contributed by atoms with E-state index in [1.807, 2.05) is 73.4 Å². The van der Waals surface area contributed by atoms with Gasteiger partial charge in [-0.1, -0.05) is 75.4 Å². The average molecular weight is 551 g/mol. The third-order valence-corrected chi connectivity index (χ3v) is 8.84. The standard InChI is InChI=1S/C32H42N2O6/c1-29(2,3)20-30(4,5)33-17-12-16-32-23(24-28(38)39-18-11-10-15-31(24,6)40-32)26(36)34(25(32)27(33)37)22(19-35)21-13-8-7-9-14-21/h7-10,12-16,22-25,35H,11,17-20H2,1-6H3/t22-,23+,24+,25?,31-,32+/m1/s1. The van der Waals surface area contributed by atoms with Crippen molar-refractivity contribution in [2.24, 2.45) is 17.3 Å². The van der Waals surface area contributed by atoms with E-state index in [2.05, 4.69) is 20.8 Å². The number of benzene rings is 1. The van der Waals surface area contributed by atoms with Crippen LogP contribution in [0, 0.1) is 17.3 Å². The van der Waals surface area contributed by atoms with Gasteiger partial charge in [-0.15, -0.1) is 0 Å². The van der Waals surface area contributed by atoms with Gasteiger partial charge in [-0.05, 0) is 44.6 Å². The molecule has 2 saturated heterocycles. The van der Waals surface area contributed by atoms with Crippen molar-refractivity contribution < 1.29 is 29.0 Å². The molecule has 8 heteroatoms. The van der Waals surface area contributed by atoms with Crippen molar-refractivity contribution in [3.63, 3.8) is 0 Å². The molecule has 2 fully saturated rings. The largest absolute Gasteiger partial charge is 0.465 e. The maximum atomic E-state index is 14.8.